The number of hydrogen-bond acceptors (Lipinski definition) is 5. The molecule has 0 aliphatic rings. The Morgan fingerprint density at radius 1 is 1.07 bits per heavy atom. The Hall–Kier alpha value is -1.26. The van der Waals surface area contributed by atoms with Crippen LogP contribution < -0.4 is 4.74 Å². The summed E-state index contributed by atoms with van der Waals surface area (Å²) >= 11 is 3.17. The largest absolute Gasteiger partial charge is 0.491 e. The van der Waals surface area contributed by atoms with Gasteiger partial charge in [0.1, 0.15) is 5.56 Å². The van der Waals surface area contributed by atoms with E-state index in [4.69, 9.17) is 5.11 Å². The zero-order chi connectivity index (χ0) is 22.0. The smallest absolute Gasteiger partial charge is 0.477 e. The molecule has 0 saturated carbocycles. The Morgan fingerprint density at radius 3 is 2.04 bits per heavy atom. The van der Waals surface area contributed by atoms with Gasteiger partial charge in [0.15, 0.2) is 11.9 Å². The van der Waals surface area contributed by atoms with E-state index in [1.807, 2.05) is 0 Å². The van der Waals surface area contributed by atoms with E-state index in [9.17, 15) is 36.3 Å². The van der Waals surface area contributed by atoms with Crippen molar-refractivity contribution in [3.05, 3.63) is 24.8 Å². The summed E-state index contributed by atoms with van der Waals surface area (Å²) in [5, 5.41) is 8.66. The molecule has 0 bridgehead atoms. The Labute approximate surface area is 182 Å². The molecule has 13 heteroatoms. The van der Waals surface area contributed by atoms with Crippen LogP contribution in [0.4, 0.5) is 22.0 Å². The molecule has 0 heterocycles. The number of carboxylic acid groups (broad SMARTS) is 1. The number of halogens is 7. The highest BCUT2D eigenvalue weighted by molar-refractivity contribution is 14.1. The van der Waals surface area contributed by atoms with E-state index in [-0.39, 0.29) is 3.57 Å². The molecule has 6 nitrogen and oxygen atoms in total. The molecule has 28 heavy (non-hydrogen) atoms. The zero-order valence-corrected chi connectivity index (χ0v) is 18.3. The van der Waals surface area contributed by atoms with Crippen molar-refractivity contribution >= 4 is 63.1 Å². The molecular weight excluding hydrogens is 625 g/mol. The predicted octanol–water partition coefficient (Wildman–Crippen LogP) is 4.26. The second-order valence-electron chi connectivity index (χ2n) is 5.65. The Bertz CT molecular complexity index is 794. The van der Waals surface area contributed by atoms with E-state index >= 15 is 0 Å². The van der Waals surface area contributed by atoms with Crippen LogP contribution in [0.15, 0.2) is 12.1 Å². The Balaban J connectivity index is 3.36. The molecule has 1 aromatic carbocycles. The van der Waals surface area contributed by atoms with Crippen molar-refractivity contribution in [3.8, 4) is 5.75 Å². The molecule has 1 rings (SSSR count). The predicted molar refractivity (Wildman–Crippen MR) is 100 cm³/mol. The average Bonchev–Trinajstić information content (AvgIpc) is 2.52. The molecular formula is C15H11F5I2O6. The van der Waals surface area contributed by atoms with E-state index in [2.05, 4.69) is 9.47 Å². The maximum atomic E-state index is 13.8. The SMILES string of the molecule is CC(C)C(OC(=O)c1cc(I)cc(I)c1OC(=O)C(F)(F)F)C(F)(F)C(=O)O. The molecule has 1 N–H and O–H groups in total. The van der Waals surface area contributed by atoms with Crippen molar-refractivity contribution in [2.45, 2.75) is 32.1 Å². The van der Waals surface area contributed by atoms with Gasteiger partial charge in [0.2, 0.25) is 0 Å². The Morgan fingerprint density at radius 2 is 1.61 bits per heavy atom. The molecule has 0 fully saturated rings. The molecule has 0 amide bonds. The number of hydrogen-bond donors (Lipinski definition) is 1. The number of aliphatic carboxylic acids is 1. The van der Waals surface area contributed by atoms with Crippen molar-refractivity contribution in [3.63, 3.8) is 0 Å². The third-order valence-electron chi connectivity index (χ3n) is 3.14. The second kappa shape index (κ2) is 9.04. The van der Waals surface area contributed by atoms with Crippen molar-refractivity contribution in [1.82, 2.24) is 0 Å². The van der Waals surface area contributed by atoms with Gasteiger partial charge < -0.3 is 14.6 Å². The molecule has 156 valence electrons. The maximum absolute atomic E-state index is 13.8. The molecule has 0 saturated heterocycles. The monoisotopic (exact) mass is 636 g/mol. The third kappa shape index (κ3) is 5.87. The lowest BCUT2D eigenvalue weighted by Crippen LogP contribution is -2.47. The standard InChI is InChI=1S/C15H11F5I2O6/c1-5(2)10(14(16,17)12(24)25)28-11(23)7-3-6(21)4-8(22)9(7)27-13(26)15(18,19)20/h3-5,10H,1-2H3,(H,24,25). The fourth-order valence-electron chi connectivity index (χ4n) is 1.90. The van der Waals surface area contributed by atoms with Gasteiger partial charge in [-0.25, -0.2) is 14.4 Å². The van der Waals surface area contributed by atoms with Crippen LogP contribution in [0.2, 0.25) is 0 Å². The highest BCUT2D eigenvalue weighted by Crippen LogP contribution is 2.34. The van der Waals surface area contributed by atoms with Crippen molar-refractivity contribution in [2.75, 3.05) is 0 Å². The fraction of sp³-hybridized carbons (Fsp3) is 0.400. The van der Waals surface area contributed by atoms with Gasteiger partial charge in [-0.05, 0) is 63.2 Å². The molecule has 1 unspecified atom stereocenters. The Kier molecular flexibility index (Phi) is 8.00. The van der Waals surface area contributed by atoms with Crippen molar-refractivity contribution in [1.29, 1.82) is 0 Å². The minimum Gasteiger partial charge on any atom is -0.477 e. The minimum atomic E-state index is -5.37. The highest BCUT2D eigenvalue weighted by Gasteiger charge is 2.52. The quantitative estimate of drug-likeness (QED) is 0.218. The summed E-state index contributed by atoms with van der Waals surface area (Å²) in [5.74, 6) is -13.2. The van der Waals surface area contributed by atoms with Gasteiger partial charge in [-0.2, -0.15) is 22.0 Å². The van der Waals surface area contributed by atoms with Gasteiger partial charge in [-0.3, -0.25) is 0 Å². The second-order valence-corrected chi connectivity index (χ2v) is 8.06. The van der Waals surface area contributed by atoms with Gasteiger partial charge in [0.25, 0.3) is 0 Å². The molecule has 0 radical (unpaired) electrons. The minimum absolute atomic E-state index is 0.0971. The number of ether oxygens (including phenoxy) is 2. The van der Waals surface area contributed by atoms with Crippen LogP contribution in [0.1, 0.15) is 24.2 Å². The third-order valence-corrected chi connectivity index (χ3v) is 4.56. The first-order valence-electron chi connectivity index (χ1n) is 7.19. The number of rotatable bonds is 6. The number of carbonyl (C=O) groups excluding carboxylic acids is 2. The molecule has 1 atom stereocenters. The summed E-state index contributed by atoms with van der Waals surface area (Å²) in [6, 6.07) is 2.23. The van der Waals surface area contributed by atoms with Crippen LogP contribution in [0.25, 0.3) is 0 Å². The summed E-state index contributed by atoms with van der Waals surface area (Å²) in [6.07, 6.45) is -7.79. The number of carbonyl (C=O) groups is 3. The van der Waals surface area contributed by atoms with E-state index in [0.717, 1.165) is 19.9 Å². The molecule has 0 spiro atoms. The summed E-state index contributed by atoms with van der Waals surface area (Å²) in [7, 11) is 0. The maximum Gasteiger partial charge on any atom is 0.491 e. The van der Waals surface area contributed by atoms with Crippen LogP contribution in [0.3, 0.4) is 0 Å². The van der Waals surface area contributed by atoms with E-state index in [0.29, 0.717) is 3.57 Å². The lowest BCUT2D eigenvalue weighted by molar-refractivity contribution is -0.189. The summed E-state index contributed by atoms with van der Waals surface area (Å²) in [5.41, 5.74) is -0.735. The lowest BCUT2D eigenvalue weighted by Gasteiger charge is -2.27. The number of esters is 2. The van der Waals surface area contributed by atoms with Crippen LogP contribution in [-0.4, -0.2) is 41.2 Å². The molecule has 0 aromatic heterocycles. The van der Waals surface area contributed by atoms with E-state index in [1.165, 1.54) is 28.7 Å². The molecule has 1 aromatic rings. The van der Waals surface area contributed by atoms with Crippen LogP contribution in [0, 0.1) is 13.1 Å². The number of carboxylic acids is 1. The number of benzene rings is 1. The van der Waals surface area contributed by atoms with Crippen molar-refractivity contribution < 1.29 is 50.9 Å². The highest BCUT2D eigenvalue weighted by atomic mass is 127. The summed E-state index contributed by atoms with van der Waals surface area (Å²) in [6.45, 7) is 2.33. The fourth-order valence-corrected chi connectivity index (χ4v) is 3.85. The zero-order valence-electron chi connectivity index (χ0n) is 13.9. The average molecular weight is 636 g/mol. The van der Waals surface area contributed by atoms with Crippen LogP contribution in [-0.2, 0) is 14.3 Å². The first-order chi connectivity index (χ1) is 12.6. The molecule has 0 aliphatic heterocycles. The van der Waals surface area contributed by atoms with Crippen LogP contribution in [0.5, 0.6) is 5.75 Å². The van der Waals surface area contributed by atoms with E-state index in [1.54, 1.807) is 22.6 Å². The van der Waals surface area contributed by atoms with Gasteiger partial charge in [-0.15, -0.1) is 0 Å². The van der Waals surface area contributed by atoms with Gasteiger partial charge in [0.05, 0.1) is 3.57 Å². The topological polar surface area (TPSA) is 89.9 Å². The van der Waals surface area contributed by atoms with Crippen molar-refractivity contribution in [2.24, 2.45) is 5.92 Å². The summed E-state index contributed by atoms with van der Waals surface area (Å²) < 4.78 is 74.1. The first-order valence-corrected chi connectivity index (χ1v) is 9.35. The molecule has 0 aliphatic carbocycles. The van der Waals surface area contributed by atoms with Gasteiger partial charge in [-0.1, -0.05) is 13.8 Å². The van der Waals surface area contributed by atoms with Gasteiger partial charge >= 0.3 is 30.0 Å². The normalized spacial score (nSPS) is 13.2. The van der Waals surface area contributed by atoms with Gasteiger partial charge in [0, 0.05) is 3.57 Å². The number of alkyl halides is 5. The lowest BCUT2D eigenvalue weighted by atomic mass is 10.0. The van der Waals surface area contributed by atoms with Crippen LogP contribution >= 0.6 is 45.2 Å². The first kappa shape index (κ1) is 24.8. The van der Waals surface area contributed by atoms with E-state index < -0.39 is 53.3 Å². The summed E-state index contributed by atoms with van der Waals surface area (Å²) in [4.78, 5) is 34.3.